The van der Waals surface area contributed by atoms with Gasteiger partial charge in [0.15, 0.2) is 0 Å². The van der Waals surface area contributed by atoms with Gasteiger partial charge in [0.25, 0.3) is 30.4 Å². The third-order valence-electron chi connectivity index (χ3n) is 1.41. The van der Waals surface area contributed by atoms with E-state index in [1.807, 2.05) is 0 Å². The Balaban J connectivity index is 5.58. The minimum Gasteiger partial charge on any atom is -0.285 e. The molecule has 0 amide bonds. The molecule has 1 atom stereocenters. The Morgan fingerprint density at radius 2 is 1.38 bits per heavy atom. The molecular formula is C4H8O9S3. The summed E-state index contributed by atoms with van der Waals surface area (Å²) >= 11 is 0. The lowest BCUT2D eigenvalue weighted by Crippen LogP contribution is -2.33. The largest absolute Gasteiger partial charge is 0.291 e. The van der Waals surface area contributed by atoms with E-state index >= 15 is 0 Å². The van der Waals surface area contributed by atoms with Gasteiger partial charge >= 0.3 is 0 Å². The molecule has 0 aliphatic rings. The van der Waals surface area contributed by atoms with E-state index in [1.165, 1.54) is 0 Å². The Kier molecular flexibility index (Phi) is 4.24. The molecule has 0 aromatic carbocycles. The van der Waals surface area contributed by atoms with Crippen molar-refractivity contribution in [3.8, 4) is 0 Å². The molecule has 0 fully saturated rings. The number of hydrogen-bond acceptors (Lipinski definition) is 6. The maximum Gasteiger partial charge on any atom is 0.291 e. The van der Waals surface area contributed by atoms with Crippen LogP contribution in [0.15, 0.2) is 11.5 Å². The summed E-state index contributed by atoms with van der Waals surface area (Å²) in [5.41, 5.74) is 0. The third-order valence-corrected chi connectivity index (χ3v) is 4.64. The monoisotopic (exact) mass is 296 g/mol. The van der Waals surface area contributed by atoms with Crippen LogP contribution in [0.2, 0.25) is 0 Å². The van der Waals surface area contributed by atoms with E-state index < -0.39 is 46.3 Å². The molecule has 0 rings (SSSR count). The van der Waals surface area contributed by atoms with E-state index in [1.54, 1.807) is 0 Å². The Morgan fingerprint density at radius 1 is 1.00 bits per heavy atom. The zero-order valence-corrected chi connectivity index (χ0v) is 9.96. The van der Waals surface area contributed by atoms with Gasteiger partial charge in [-0.05, 0) is 0 Å². The van der Waals surface area contributed by atoms with Gasteiger partial charge in [-0.25, -0.2) is 0 Å². The molecule has 9 nitrogen and oxygen atoms in total. The molecule has 16 heavy (non-hydrogen) atoms. The lowest BCUT2D eigenvalue weighted by Gasteiger charge is -2.12. The molecule has 0 aliphatic heterocycles. The van der Waals surface area contributed by atoms with Crippen molar-refractivity contribution in [2.75, 3.05) is 5.75 Å². The van der Waals surface area contributed by atoms with Gasteiger partial charge in [-0.2, -0.15) is 25.3 Å². The second kappa shape index (κ2) is 4.38. The Morgan fingerprint density at radius 3 is 1.56 bits per heavy atom. The summed E-state index contributed by atoms with van der Waals surface area (Å²) < 4.78 is 88.4. The molecule has 0 saturated carbocycles. The lowest BCUT2D eigenvalue weighted by atomic mass is 10.5. The summed E-state index contributed by atoms with van der Waals surface area (Å²) in [6.07, 6.45) is 0. The molecule has 96 valence electrons. The summed E-state index contributed by atoms with van der Waals surface area (Å²) in [5, 5.41) is -2.56. The van der Waals surface area contributed by atoms with Crippen molar-refractivity contribution in [1.82, 2.24) is 0 Å². The SMILES string of the molecule is C=C(C(CS(=O)(=O)O)S(=O)(=O)O)S(=O)(=O)O. The van der Waals surface area contributed by atoms with Crippen LogP contribution in [0.5, 0.6) is 0 Å². The van der Waals surface area contributed by atoms with Crippen molar-refractivity contribution in [3.05, 3.63) is 11.5 Å². The smallest absolute Gasteiger partial charge is 0.285 e. The molecule has 0 spiro atoms. The molecule has 3 N–H and O–H groups in total. The summed E-state index contributed by atoms with van der Waals surface area (Å²) in [5.74, 6) is -1.63. The van der Waals surface area contributed by atoms with Crippen LogP contribution in [0.25, 0.3) is 0 Å². The maximum absolute atomic E-state index is 10.6. The normalized spacial score (nSPS) is 15.7. The van der Waals surface area contributed by atoms with Crippen LogP contribution in [-0.2, 0) is 30.4 Å². The molecule has 0 aromatic heterocycles. The van der Waals surface area contributed by atoms with E-state index in [-0.39, 0.29) is 0 Å². The van der Waals surface area contributed by atoms with Gasteiger partial charge in [0.1, 0.15) is 5.25 Å². The van der Waals surface area contributed by atoms with Crippen LogP contribution >= 0.6 is 0 Å². The zero-order chi connectivity index (χ0) is 13.4. The van der Waals surface area contributed by atoms with Crippen molar-refractivity contribution in [1.29, 1.82) is 0 Å². The van der Waals surface area contributed by atoms with E-state index in [0.29, 0.717) is 0 Å². The molecule has 0 heterocycles. The number of rotatable bonds is 5. The first-order chi connectivity index (χ1) is 6.75. The maximum atomic E-state index is 10.6. The Labute approximate surface area is 92.0 Å². The fourth-order valence-corrected chi connectivity index (χ4v) is 4.07. The van der Waals surface area contributed by atoms with Crippen LogP contribution in [0.3, 0.4) is 0 Å². The minimum atomic E-state index is -5.16. The van der Waals surface area contributed by atoms with Gasteiger partial charge in [-0.15, -0.1) is 0 Å². The van der Waals surface area contributed by atoms with Crippen molar-refractivity contribution in [2.45, 2.75) is 5.25 Å². The van der Waals surface area contributed by atoms with E-state index in [4.69, 9.17) is 13.7 Å². The zero-order valence-electron chi connectivity index (χ0n) is 7.51. The third kappa shape index (κ3) is 5.00. The van der Waals surface area contributed by atoms with Crippen molar-refractivity contribution in [2.24, 2.45) is 0 Å². The van der Waals surface area contributed by atoms with Crippen LogP contribution in [0.4, 0.5) is 0 Å². The summed E-state index contributed by atoms with van der Waals surface area (Å²) in [4.78, 5) is -1.45. The second-order valence-electron chi connectivity index (χ2n) is 2.69. The Hall–Kier alpha value is -0.530. The van der Waals surface area contributed by atoms with Gasteiger partial charge in [-0.1, -0.05) is 6.58 Å². The average molecular weight is 296 g/mol. The highest BCUT2D eigenvalue weighted by molar-refractivity contribution is 7.94. The van der Waals surface area contributed by atoms with Crippen molar-refractivity contribution in [3.63, 3.8) is 0 Å². The van der Waals surface area contributed by atoms with Gasteiger partial charge < -0.3 is 0 Å². The van der Waals surface area contributed by atoms with E-state index in [2.05, 4.69) is 6.58 Å². The molecule has 0 bridgehead atoms. The standard InChI is InChI=1S/C4H8O9S3/c1-3(15(8,9)10)4(16(11,12)13)2-14(5,6)7/h4H,1-2H2,(H,5,6,7)(H,8,9,10)(H,11,12,13). The average Bonchev–Trinajstić information content (AvgIpc) is 1.93. The van der Waals surface area contributed by atoms with Gasteiger partial charge in [0, 0.05) is 0 Å². The summed E-state index contributed by atoms with van der Waals surface area (Å²) in [7, 11) is -15.1. The van der Waals surface area contributed by atoms with Crippen LogP contribution < -0.4 is 0 Å². The van der Waals surface area contributed by atoms with Crippen LogP contribution in [0, 0.1) is 0 Å². The lowest BCUT2D eigenvalue weighted by molar-refractivity contribution is 0.459. The minimum absolute atomic E-state index is 1.45. The van der Waals surface area contributed by atoms with Crippen molar-refractivity contribution >= 4 is 30.4 Å². The highest BCUT2D eigenvalue weighted by Crippen LogP contribution is 2.16. The molecule has 0 radical (unpaired) electrons. The van der Waals surface area contributed by atoms with Gasteiger partial charge in [0.2, 0.25) is 0 Å². The molecular weight excluding hydrogens is 288 g/mol. The second-order valence-corrected chi connectivity index (χ2v) is 7.26. The highest BCUT2D eigenvalue weighted by atomic mass is 32.2. The molecule has 0 aliphatic carbocycles. The molecule has 12 heteroatoms. The first kappa shape index (κ1) is 15.5. The van der Waals surface area contributed by atoms with Gasteiger partial charge in [-0.3, -0.25) is 13.7 Å². The first-order valence-electron chi connectivity index (χ1n) is 3.33. The Bertz CT molecular complexity index is 577. The highest BCUT2D eigenvalue weighted by Gasteiger charge is 2.36. The van der Waals surface area contributed by atoms with Crippen molar-refractivity contribution < 1.29 is 38.9 Å². The van der Waals surface area contributed by atoms with E-state index in [9.17, 15) is 25.3 Å². The topological polar surface area (TPSA) is 163 Å². The van der Waals surface area contributed by atoms with Crippen LogP contribution in [0.1, 0.15) is 0 Å². The molecule has 0 saturated heterocycles. The molecule has 0 aromatic rings. The summed E-state index contributed by atoms with van der Waals surface area (Å²) in [6, 6.07) is 0. The van der Waals surface area contributed by atoms with Gasteiger partial charge in [0.05, 0.1) is 10.7 Å². The summed E-state index contributed by atoms with van der Waals surface area (Å²) in [6.45, 7) is 2.62. The van der Waals surface area contributed by atoms with E-state index in [0.717, 1.165) is 0 Å². The van der Waals surface area contributed by atoms with Crippen LogP contribution in [-0.4, -0.2) is 49.9 Å². The first-order valence-corrected chi connectivity index (χ1v) is 7.88. The predicted octanol–water partition coefficient (Wildman–Crippen LogP) is -1.47. The predicted molar refractivity (Wildman–Crippen MR) is 52.4 cm³/mol. The molecule has 1 unspecified atom stereocenters. The number of hydrogen-bond donors (Lipinski definition) is 3. The quantitative estimate of drug-likeness (QED) is 0.514. The fourth-order valence-electron chi connectivity index (χ4n) is 0.702. The fraction of sp³-hybridized carbons (Fsp3) is 0.500.